The number of phenolic OH excluding ortho intramolecular Hbond substituents is 1. The lowest BCUT2D eigenvalue weighted by Crippen LogP contribution is -2.29. The van der Waals surface area contributed by atoms with Gasteiger partial charge in [-0.1, -0.05) is 35.6 Å². The van der Waals surface area contributed by atoms with Crippen molar-refractivity contribution in [1.82, 2.24) is 4.90 Å². The van der Waals surface area contributed by atoms with Gasteiger partial charge in [0.05, 0.1) is 17.0 Å². The molecule has 128 valence electrons. The lowest BCUT2D eigenvalue weighted by molar-refractivity contribution is -0.137. The highest BCUT2D eigenvalue weighted by molar-refractivity contribution is 8.26. The smallest absolute Gasteiger partial charge is 0.303 e. The van der Waals surface area contributed by atoms with E-state index in [2.05, 4.69) is 0 Å². The minimum absolute atomic E-state index is 0.0269. The van der Waals surface area contributed by atoms with Crippen molar-refractivity contribution >= 4 is 57.9 Å². The number of hydrogen-bond donors (Lipinski definition) is 2. The van der Waals surface area contributed by atoms with E-state index in [1.54, 1.807) is 12.1 Å². The van der Waals surface area contributed by atoms with Crippen molar-refractivity contribution in [2.75, 3.05) is 13.7 Å². The highest BCUT2D eigenvalue weighted by Gasteiger charge is 2.31. The molecule has 2 rings (SSSR count). The molecule has 2 N–H and O–H groups in total. The number of halogens is 1. The molecule has 1 aliphatic rings. The topological polar surface area (TPSA) is 87.1 Å². The zero-order chi connectivity index (χ0) is 17.9. The maximum absolute atomic E-state index is 12.4. The van der Waals surface area contributed by atoms with Crippen molar-refractivity contribution in [3.63, 3.8) is 0 Å². The Kier molecular flexibility index (Phi) is 6.09. The number of thioether (sulfide) groups is 1. The minimum atomic E-state index is -0.915. The van der Waals surface area contributed by atoms with Gasteiger partial charge in [-0.3, -0.25) is 14.5 Å². The second-order valence-electron chi connectivity index (χ2n) is 4.88. The minimum Gasteiger partial charge on any atom is -0.503 e. The Labute approximate surface area is 153 Å². The molecular weight excluding hydrogens is 374 g/mol. The van der Waals surface area contributed by atoms with Crippen LogP contribution in [0.3, 0.4) is 0 Å². The maximum Gasteiger partial charge on any atom is 0.303 e. The van der Waals surface area contributed by atoms with E-state index in [1.165, 1.54) is 18.1 Å². The van der Waals surface area contributed by atoms with E-state index >= 15 is 0 Å². The predicted octanol–water partition coefficient (Wildman–Crippen LogP) is 3.12. The quantitative estimate of drug-likeness (QED) is 0.572. The molecular formula is C15H14ClNO5S2. The summed E-state index contributed by atoms with van der Waals surface area (Å²) in [7, 11) is 1.40. The van der Waals surface area contributed by atoms with E-state index in [4.69, 9.17) is 33.7 Å². The van der Waals surface area contributed by atoms with Crippen LogP contribution in [0.2, 0.25) is 5.02 Å². The van der Waals surface area contributed by atoms with Crippen molar-refractivity contribution in [3.05, 3.63) is 27.6 Å². The Bertz CT molecular complexity index is 735. The summed E-state index contributed by atoms with van der Waals surface area (Å²) in [5, 5.41) is 18.5. The highest BCUT2D eigenvalue weighted by atomic mass is 35.5. The number of carboxylic acids is 1. The van der Waals surface area contributed by atoms with Crippen LogP contribution in [0, 0.1) is 0 Å². The average Bonchev–Trinajstić information content (AvgIpc) is 2.77. The van der Waals surface area contributed by atoms with E-state index in [0.29, 0.717) is 21.2 Å². The third-order valence-electron chi connectivity index (χ3n) is 3.21. The van der Waals surface area contributed by atoms with Gasteiger partial charge in [0.15, 0.2) is 11.5 Å². The van der Waals surface area contributed by atoms with Crippen LogP contribution in [0.15, 0.2) is 17.0 Å². The lowest BCUT2D eigenvalue weighted by Gasteiger charge is -2.13. The number of aromatic hydroxyl groups is 1. The molecule has 1 aromatic rings. The van der Waals surface area contributed by atoms with Gasteiger partial charge in [0.25, 0.3) is 5.91 Å². The fraction of sp³-hybridized carbons (Fsp3) is 0.267. The van der Waals surface area contributed by atoms with E-state index in [9.17, 15) is 14.7 Å². The summed E-state index contributed by atoms with van der Waals surface area (Å²) in [6, 6.07) is 3.06. The van der Waals surface area contributed by atoms with Gasteiger partial charge in [-0.05, 0) is 30.2 Å². The van der Waals surface area contributed by atoms with Crippen molar-refractivity contribution < 1.29 is 24.5 Å². The van der Waals surface area contributed by atoms with E-state index in [-0.39, 0.29) is 35.4 Å². The van der Waals surface area contributed by atoms with Crippen molar-refractivity contribution in [3.8, 4) is 11.5 Å². The molecule has 1 aromatic carbocycles. The van der Waals surface area contributed by atoms with Crippen LogP contribution in [0.4, 0.5) is 0 Å². The van der Waals surface area contributed by atoms with Gasteiger partial charge in [0.2, 0.25) is 0 Å². The third-order valence-corrected chi connectivity index (χ3v) is 4.88. The van der Waals surface area contributed by atoms with Crippen LogP contribution >= 0.6 is 35.6 Å². The first-order valence-corrected chi connectivity index (χ1v) is 8.47. The summed E-state index contributed by atoms with van der Waals surface area (Å²) >= 11 is 12.2. The summed E-state index contributed by atoms with van der Waals surface area (Å²) in [6.45, 7) is 0.258. The Morgan fingerprint density at radius 1 is 1.50 bits per heavy atom. The number of phenols is 1. The number of methoxy groups -OCH3 is 1. The van der Waals surface area contributed by atoms with Gasteiger partial charge < -0.3 is 14.9 Å². The fourth-order valence-corrected chi connectivity index (χ4v) is 3.59. The average molecular weight is 388 g/mol. The first kappa shape index (κ1) is 18.6. The molecule has 1 saturated heterocycles. The molecule has 0 aromatic heterocycles. The molecule has 0 radical (unpaired) electrons. The number of amides is 1. The molecule has 6 nitrogen and oxygen atoms in total. The number of carbonyl (C=O) groups is 2. The van der Waals surface area contributed by atoms with Crippen molar-refractivity contribution in [2.24, 2.45) is 0 Å². The summed E-state index contributed by atoms with van der Waals surface area (Å²) in [5.41, 5.74) is 0.584. The Balaban J connectivity index is 2.19. The number of hydrogen-bond acceptors (Lipinski definition) is 6. The molecule has 0 bridgehead atoms. The molecule has 0 aliphatic carbocycles. The molecule has 0 unspecified atom stereocenters. The predicted molar refractivity (Wildman–Crippen MR) is 96.4 cm³/mol. The Morgan fingerprint density at radius 2 is 2.21 bits per heavy atom. The normalized spacial score (nSPS) is 16.1. The molecule has 0 spiro atoms. The van der Waals surface area contributed by atoms with E-state index in [1.807, 2.05) is 0 Å². The zero-order valence-corrected chi connectivity index (χ0v) is 15.0. The standard InChI is InChI=1S/C15H14ClNO5S2/c1-22-10-6-8(5-9(16)13(10)20)7-11-14(21)17(15(23)24-11)4-2-3-12(18)19/h5-7,20H,2-4H2,1H3,(H,18,19)/b11-7-. The van der Waals surface area contributed by atoms with E-state index in [0.717, 1.165) is 11.8 Å². The van der Waals surface area contributed by atoms with Crippen LogP contribution in [-0.2, 0) is 9.59 Å². The van der Waals surface area contributed by atoms with Gasteiger partial charge in [-0.25, -0.2) is 0 Å². The summed E-state index contributed by atoms with van der Waals surface area (Å²) in [4.78, 5) is 24.7. The third kappa shape index (κ3) is 4.19. The van der Waals surface area contributed by atoms with Crippen LogP contribution in [0.1, 0.15) is 18.4 Å². The molecule has 1 heterocycles. The molecule has 0 atom stereocenters. The van der Waals surface area contributed by atoms with E-state index < -0.39 is 5.97 Å². The summed E-state index contributed by atoms with van der Waals surface area (Å²) < 4.78 is 5.41. The highest BCUT2D eigenvalue weighted by Crippen LogP contribution is 2.38. The number of carboxylic acid groups (broad SMARTS) is 1. The summed E-state index contributed by atoms with van der Waals surface area (Å²) in [6.07, 6.45) is 1.90. The first-order valence-electron chi connectivity index (χ1n) is 6.87. The molecule has 24 heavy (non-hydrogen) atoms. The largest absolute Gasteiger partial charge is 0.503 e. The molecule has 9 heteroatoms. The Morgan fingerprint density at radius 3 is 2.83 bits per heavy atom. The number of thiocarbonyl (C=S) groups is 1. The van der Waals surface area contributed by atoms with Crippen LogP contribution < -0.4 is 4.74 Å². The van der Waals surface area contributed by atoms with Crippen molar-refractivity contribution in [1.29, 1.82) is 0 Å². The number of ether oxygens (including phenoxy) is 1. The lowest BCUT2D eigenvalue weighted by atomic mass is 10.2. The van der Waals surface area contributed by atoms with Crippen LogP contribution in [0.5, 0.6) is 11.5 Å². The maximum atomic E-state index is 12.4. The first-order chi connectivity index (χ1) is 11.3. The number of aliphatic carboxylic acids is 1. The zero-order valence-electron chi connectivity index (χ0n) is 12.6. The van der Waals surface area contributed by atoms with Gasteiger partial charge in [0.1, 0.15) is 4.32 Å². The number of rotatable bonds is 6. The fourth-order valence-electron chi connectivity index (χ4n) is 2.07. The van der Waals surface area contributed by atoms with Gasteiger partial charge in [-0.15, -0.1) is 0 Å². The van der Waals surface area contributed by atoms with Crippen molar-refractivity contribution in [2.45, 2.75) is 12.8 Å². The number of nitrogens with zero attached hydrogens (tertiary/aromatic N) is 1. The second-order valence-corrected chi connectivity index (χ2v) is 6.97. The SMILES string of the molecule is COc1cc(/C=C2\SC(=S)N(CCCC(=O)O)C2=O)cc(Cl)c1O. The molecule has 0 saturated carbocycles. The Hall–Kier alpha value is -1.77. The van der Waals surface area contributed by atoms with Gasteiger partial charge >= 0.3 is 5.97 Å². The van der Waals surface area contributed by atoms with Crippen LogP contribution in [-0.4, -0.2) is 45.0 Å². The number of carbonyl (C=O) groups excluding carboxylic acids is 1. The summed E-state index contributed by atoms with van der Waals surface area (Å²) in [5.74, 6) is -1.16. The molecule has 1 fully saturated rings. The molecule has 1 amide bonds. The second kappa shape index (κ2) is 7.87. The number of benzene rings is 1. The van der Waals surface area contributed by atoms with Gasteiger partial charge in [0, 0.05) is 13.0 Å². The van der Waals surface area contributed by atoms with Gasteiger partial charge in [-0.2, -0.15) is 0 Å². The van der Waals surface area contributed by atoms with Crippen LogP contribution in [0.25, 0.3) is 6.08 Å². The molecule has 1 aliphatic heterocycles. The monoisotopic (exact) mass is 387 g/mol.